The molecule has 138 valence electrons. The lowest BCUT2D eigenvalue weighted by Gasteiger charge is -2.32. The van der Waals surface area contributed by atoms with Crippen LogP contribution in [0.4, 0.5) is 0 Å². The SMILES string of the molecule is CC1(c2ncc(CNC(=O)CCn3ccccc3=O)cn2)CCCCO1. The molecule has 1 N–H and O–H groups in total. The normalized spacial score (nSPS) is 19.9. The summed E-state index contributed by atoms with van der Waals surface area (Å²) in [6, 6.07) is 4.93. The van der Waals surface area contributed by atoms with Gasteiger partial charge in [-0.25, -0.2) is 9.97 Å². The molecule has 0 bridgehead atoms. The van der Waals surface area contributed by atoms with Crippen molar-refractivity contribution in [2.45, 2.75) is 51.3 Å². The zero-order valence-electron chi connectivity index (χ0n) is 15.0. The van der Waals surface area contributed by atoms with Crippen LogP contribution in [0.25, 0.3) is 0 Å². The molecule has 1 fully saturated rings. The Morgan fingerprint density at radius 1 is 1.31 bits per heavy atom. The molecule has 3 rings (SSSR count). The minimum atomic E-state index is -0.414. The molecule has 3 heterocycles. The number of nitrogens with one attached hydrogen (secondary N) is 1. The maximum Gasteiger partial charge on any atom is 0.250 e. The lowest BCUT2D eigenvalue weighted by molar-refractivity contribution is -0.121. The summed E-state index contributed by atoms with van der Waals surface area (Å²) in [6.45, 7) is 3.48. The van der Waals surface area contributed by atoms with Crippen LogP contribution in [-0.4, -0.2) is 27.0 Å². The van der Waals surface area contributed by atoms with E-state index in [-0.39, 0.29) is 17.9 Å². The van der Waals surface area contributed by atoms with E-state index in [4.69, 9.17) is 4.74 Å². The number of carbonyl (C=O) groups is 1. The Bertz CT molecular complexity index is 795. The maximum absolute atomic E-state index is 12.0. The Morgan fingerprint density at radius 2 is 2.12 bits per heavy atom. The molecule has 0 aliphatic carbocycles. The maximum atomic E-state index is 12.0. The molecule has 1 atom stereocenters. The molecule has 0 spiro atoms. The van der Waals surface area contributed by atoms with E-state index >= 15 is 0 Å². The first-order chi connectivity index (χ1) is 12.6. The fraction of sp³-hybridized carbons (Fsp3) is 0.474. The molecule has 0 saturated carbocycles. The summed E-state index contributed by atoms with van der Waals surface area (Å²) in [6.07, 6.45) is 8.49. The van der Waals surface area contributed by atoms with Gasteiger partial charge in [-0.05, 0) is 32.3 Å². The quantitative estimate of drug-likeness (QED) is 0.852. The van der Waals surface area contributed by atoms with Crippen molar-refractivity contribution in [3.63, 3.8) is 0 Å². The highest BCUT2D eigenvalue weighted by Gasteiger charge is 2.32. The smallest absolute Gasteiger partial charge is 0.250 e. The van der Waals surface area contributed by atoms with E-state index in [1.807, 2.05) is 6.92 Å². The predicted octanol–water partition coefficient (Wildman–Crippen LogP) is 1.76. The second-order valence-corrected chi connectivity index (χ2v) is 6.71. The van der Waals surface area contributed by atoms with E-state index in [0.29, 0.717) is 18.9 Å². The van der Waals surface area contributed by atoms with E-state index in [0.717, 1.165) is 31.4 Å². The lowest BCUT2D eigenvalue weighted by Crippen LogP contribution is -2.32. The molecular weight excluding hydrogens is 332 g/mol. The van der Waals surface area contributed by atoms with Gasteiger partial charge in [-0.3, -0.25) is 9.59 Å². The molecule has 2 aromatic heterocycles. The van der Waals surface area contributed by atoms with Gasteiger partial charge in [0.05, 0.1) is 0 Å². The number of carbonyl (C=O) groups excluding carboxylic acids is 1. The Kier molecular flexibility index (Phi) is 5.78. The average Bonchev–Trinajstić information content (AvgIpc) is 2.67. The summed E-state index contributed by atoms with van der Waals surface area (Å²) in [4.78, 5) is 32.4. The summed E-state index contributed by atoms with van der Waals surface area (Å²) >= 11 is 0. The standard InChI is InChI=1S/C19H24N4O3/c1-19(8-3-5-11-26-19)18-21-13-15(14-22-18)12-20-16(24)7-10-23-9-4-2-6-17(23)25/h2,4,6,9,13-14H,3,5,7-8,10-12H2,1H3,(H,20,24). The van der Waals surface area contributed by atoms with Crippen LogP contribution in [0.2, 0.25) is 0 Å². The number of nitrogens with zero attached hydrogens (tertiary/aromatic N) is 3. The minimum Gasteiger partial charge on any atom is -0.367 e. The number of amides is 1. The van der Waals surface area contributed by atoms with Crippen molar-refractivity contribution < 1.29 is 9.53 Å². The first kappa shape index (κ1) is 18.3. The Hall–Kier alpha value is -2.54. The molecule has 0 radical (unpaired) electrons. The fourth-order valence-corrected chi connectivity index (χ4v) is 2.99. The Balaban J connectivity index is 1.49. The van der Waals surface area contributed by atoms with E-state index in [1.165, 1.54) is 10.6 Å². The zero-order valence-corrected chi connectivity index (χ0v) is 15.0. The van der Waals surface area contributed by atoms with Gasteiger partial charge in [-0.2, -0.15) is 0 Å². The molecule has 1 aliphatic rings. The predicted molar refractivity (Wildman–Crippen MR) is 96.4 cm³/mol. The number of hydrogen-bond donors (Lipinski definition) is 1. The van der Waals surface area contributed by atoms with Crippen molar-refractivity contribution in [3.05, 3.63) is 58.5 Å². The van der Waals surface area contributed by atoms with Crippen LogP contribution in [-0.2, 0) is 28.2 Å². The first-order valence-electron chi connectivity index (χ1n) is 8.94. The van der Waals surface area contributed by atoms with Gasteiger partial charge >= 0.3 is 0 Å². The molecule has 7 nitrogen and oxygen atoms in total. The van der Waals surface area contributed by atoms with Gasteiger partial charge in [0.15, 0.2) is 5.82 Å². The van der Waals surface area contributed by atoms with E-state index in [9.17, 15) is 9.59 Å². The highest BCUT2D eigenvalue weighted by molar-refractivity contribution is 5.75. The number of aryl methyl sites for hydroxylation is 1. The molecule has 1 amide bonds. The van der Waals surface area contributed by atoms with Gasteiger partial charge in [-0.1, -0.05) is 6.07 Å². The van der Waals surface area contributed by atoms with Gasteiger partial charge in [0, 0.05) is 56.3 Å². The number of rotatable bonds is 6. The van der Waals surface area contributed by atoms with Crippen LogP contribution in [0.15, 0.2) is 41.6 Å². The van der Waals surface area contributed by atoms with Crippen molar-refractivity contribution in [1.29, 1.82) is 0 Å². The monoisotopic (exact) mass is 356 g/mol. The average molecular weight is 356 g/mol. The number of hydrogen-bond acceptors (Lipinski definition) is 5. The highest BCUT2D eigenvalue weighted by atomic mass is 16.5. The van der Waals surface area contributed by atoms with Crippen LogP contribution in [0.1, 0.15) is 44.0 Å². The molecular formula is C19H24N4O3. The summed E-state index contributed by atoms with van der Waals surface area (Å²) in [5.41, 5.74) is 0.310. The number of aromatic nitrogens is 3. The van der Waals surface area contributed by atoms with Crippen LogP contribution in [0, 0.1) is 0 Å². The van der Waals surface area contributed by atoms with Crippen molar-refractivity contribution in [2.24, 2.45) is 0 Å². The summed E-state index contributed by atoms with van der Waals surface area (Å²) in [5, 5.41) is 2.83. The van der Waals surface area contributed by atoms with Gasteiger partial charge in [0.25, 0.3) is 5.56 Å². The molecule has 26 heavy (non-hydrogen) atoms. The third-order valence-electron chi connectivity index (χ3n) is 4.62. The Labute approximate surface area is 152 Å². The van der Waals surface area contributed by atoms with Crippen molar-refractivity contribution >= 4 is 5.91 Å². The van der Waals surface area contributed by atoms with Crippen molar-refractivity contribution in [2.75, 3.05) is 6.61 Å². The second kappa shape index (κ2) is 8.23. The highest BCUT2D eigenvalue weighted by Crippen LogP contribution is 2.32. The third kappa shape index (κ3) is 4.54. The molecule has 1 aliphatic heterocycles. The number of ether oxygens (including phenoxy) is 1. The molecule has 0 aromatic carbocycles. The topological polar surface area (TPSA) is 86.1 Å². The summed E-state index contributed by atoms with van der Waals surface area (Å²) in [5.74, 6) is 0.572. The van der Waals surface area contributed by atoms with Gasteiger partial charge in [0.2, 0.25) is 5.91 Å². The number of pyridine rings is 1. The molecule has 1 saturated heterocycles. The van der Waals surface area contributed by atoms with Crippen LogP contribution in [0.5, 0.6) is 0 Å². The van der Waals surface area contributed by atoms with E-state index < -0.39 is 5.60 Å². The molecule has 1 unspecified atom stereocenters. The minimum absolute atomic E-state index is 0.109. The van der Waals surface area contributed by atoms with Crippen LogP contribution in [0.3, 0.4) is 0 Å². The zero-order chi connectivity index (χ0) is 18.4. The van der Waals surface area contributed by atoms with Gasteiger partial charge in [0.1, 0.15) is 5.60 Å². The summed E-state index contributed by atoms with van der Waals surface area (Å²) in [7, 11) is 0. The Morgan fingerprint density at radius 3 is 2.81 bits per heavy atom. The summed E-state index contributed by atoms with van der Waals surface area (Å²) < 4.78 is 7.37. The van der Waals surface area contributed by atoms with Crippen molar-refractivity contribution in [1.82, 2.24) is 19.9 Å². The van der Waals surface area contributed by atoms with Gasteiger partial charge < -0.3 is 14.6 Å². The van der Waals surface area contributed by atoms with Crippen molar-refractivity contribution in [3.8, 4) is 0 Å². The molecule has 2 aromatic rings. The first-order valence-corrected chi connectivity index (χ1v) is 8.94. The largest absolute Gasteiger partial charge is 0.367 e. The van der Waals surface area contributed by atoms with Crippen LogP contribution >= 0.6 is 0 Å². The third-order valence-corrected chi connectivity index (χ3v) is 4.62. The fourth-order valence-electron chi connectivity index (χ4n) is 2.99. The second-order valence-electron chi connectivity index (χ2n) is 6.71. The van der Waals surface area contributed by atoms with E-state index in [2.05, 4.69) is 15.3 Å². The van der Waals surface area contributed by atoms with Gasteiger partial charge in [-0.15, -0.1) is 0 Å². The van der Waals surface area contributed by atoms with E-state index in [1.54, 1.807) is 30.7 Å². The molecule has 7 heteroatoms. The van der Waals surface area contributed by atoms with Crippen LogP contribution < -0.4 is 10.9 Å². The lowest BCUT2D eigenvalue weighted by atomic mass is 9.95.